The summed E-state index contributed by atoms with van der Waals surface area (Å²) in [6.07, 6.45) is 2.22. The van der Waals surface area contributed by atoms with Crippen molar-refractivity contribution in [2.45, 2.75) is 60.4 Å². The average molecular weight is 362 g/mol. The molecule has 0 aliphatic heterocycles. The fraction of sp³-hybridized carbons (Fsp3) is 0.650. The third-order valence-corrected chi connectivity index (χ3v) is 4.94. The van der Waals surface area contributed by atoms with Gasteiger partial charge >= 0.3 is 5.97 Å². The highest BCUT2D eigenvalue weighted by molar-refractivity contribution is 6.06. The molecule has 1 aliphatic carbocycles. The summed E-state index contributed by atoms with van der Waals surface area (Å²) in [6, 6.07) is -0.561. The van der Waals surface area contributed by atoms with Gasteiger partial charge in [-0.1, -0.05) is 13.8 Å². The van der Waals surface area contributed by atoms with Gasteiger partial charge in [-0.2, -0.15) is 0 Å². The van der Waals surface area contributed by atoms with Crippen molar-refractivity contribution < 1.29 is 19.1 Å². The summed E-state index contributed by atoms with van der Waals surface area (Å²) in [5.41, 5.74) is 2.01. The minimum atomic E-state index is -0.561. The van der Waals surface area contributed by atoms with Gasteiger partial charge in [0.25, 0.3) is 0 Å². The number of ether oxygens (including phenoxy) is 1. The Hall–Kier alpha value is -2.11. The monoisotopic (exact) mass is 362 g/mol. The number of nitrogens with one attached hydrogen (secondary N) is 1. The van der Waals surface area contributed by atoms with Crippen molar-refractivity contribution in [3.05, 3.63) is 22.5 Å². The van der Waals surface area contributed by atoms with Gasteiger partial charge in [-0.05, 0) is 52.0 Å². The van der Waals surface area contributed by atoms with Crippen LogP contribution in [0.3, 0.4) is 0 Å². The van der Waals surface area contributed by atoms with E-state index in [1.165, 1.54) is 0 Å². The van der Waals surface area contributed by atoms with Gasteiger partial charge in [0, 0.05) is 23.7 Å². The molecule has 1 N–H and O–H groups in total. The maximum Gasteiger partial charge on any atom is 0.355 e. The minimum absolute atomic E-state index is 0.00536. The topological polar surface area (TPSA) is 79.5 Å². The number of esters is 1. The standard InChI is InChI=1S/C20H30N2O4/c1-7-26-20(25)17-12(4)16(13(5)21-17)18(23)14(6)22(10-15-8-9-15)19(24)11(2)3/h11,14-15,21H,7-10H2,1-6H3. The second-order valence-corrected chi connectivity index (χ2v) is 7.47. The number of amides is 1. The van der Waals surface area contributed by atoms with E-state index in [0.29, 0.717) is 35.0 Å². The Balaban J connectivity index is 2.30. The third-order valence-electron chi connectivity index (χ3n) is 4.94. The number of hydrogen-bond donors (Lipinski definition) is 1. The molecule has 0 spiro atoms. The van der Waals surface area contributed by atoms with E-state index >= 15 is 0 Å². The number of aromatic nitrogens is 1. The highest BCUT2D eigenvalue weighted by Crippen LogP contribution is 2.31. The number of nitrogens with zero attached hydrogens (tertiary/aromatic N) is 1. The summed E-state index contributed by atoms with van der Waals surface area (Å²) in [5, 5.41) is 0. The molecule has 1 amide bonds. The fourth-order valence-corrected chi connectivity index (χ4v) is 3.23. The molecule has 0 radical (unpaired) electrons. The van der Waals surface area contributed by atoms with E-state index in [4.69, 9.17) is 4.74 Å². The smallest absolute Gasteiger partial charge is 0.355 e. The van der Waals surface area contributed by atoms with Crippen LogP contribution in [0.25, 0.3) is 0 Å². The Morgan fingerprint density at radius 1 is 1.19 bits per heavy atom. The SMILES string of the molecule is CCOC(=O)c1[nH]c(C)c(C(=O)C(C)N(CC2CC2)C(=O)C(C)C)c1C. The Labute approximate surface area is 155 Å². The van der Waals surface area contributed by atoms with E-state index in [-0.39, 0.29) is 24.2 Å². The summed E-state index contributed by atoms with van der Waals surface area (Å²) in [4.78, 5) is 42.6. The molecule has 1 heterocycles. The molecule has 1 saturated carbocycles. The molecule has 2 rings (SSSR count). The number of Topliss-reactive ketones (excluding diaryl/α,β-unsaturated/α-hetero) is 1. The molecule has 0 bridgehead atoms. The van der Waals surface area contributed by atoms with Gasteiger partial charge in [0.2, 0.25) is 5.91 Å². The van der Waals surface area contributed by atoms with Gasteiger partial charge in [0.1, 0.15) is 5.69 Å². The third kappa shape index (κ3) is 4.17. The van der Waals surface area contributed by atoms with Crippen LogP contribution in [0, 0.1) is 25.7 Å². The summed E-state index contributed by atoms with van der Waals surface area (Å²) in [5.74, 6) is -0.271. The molecule has 1 fully saturated rings. The van der Waals surface area contributed by atoms with Crippen molar-refractivity contribution in [2.24, 2.45) is 11.8 Å². The zero-order valence-corrected chi connectivity index (χ0v) is 16.6. The van der Waals surface area contributed by atoms with E-state index in [9.17, 15) is 14.4 Å². The summed E-state index contributed by atoms with van der Waals surface area (Å²) in [7, 11) is 0. The number of rotatable bonds is 8. The Bertz CT molecular complexity index is 701. The van der Waals surface area contributed by atoms with Gasteiger partial charge in [-0.3, -0.25) is 9.59 Å². The van der Waals surface area contributed by atoms with E-state index in [2.05, 4.69) is 4.98 Å². The maximum atomic E-state index is 13.2. The molecular weight excluding hydrogens is 332 g/mol. The van der Waals surface area contributed by atoms with Crippen LogP contribution in [-0.2, 0) is 9.53 Å². The van der Waals surface area contributed by atoms with Crippen LogP contribution >= 0.6 is 0 Å². The number of H-pyrrole nitrogens is 1. The largest absolute Gasteiger partial charge is 0.461 e. The lowest BCUT2D eigenvalue weighted by Gasteiger charge is -2.30. The van der Waals surface area contributed by atoms with Crippen LogP contribution in [0.5, 0.6) is 0 Å². The first-order chi connectivity index (χ1) is 12.2. The van der Waals surface area contributed by atoms with Gasteiger partial charge in [-0.25, -0.2) is 4.79 Å². The Kier molecular flexibility index (Phi) is 6.26. The lowest BCUT2D eigenvalue weighted by molar-refractivity contribution is -0.136. The maximum absolute atomic E-state index is 13.2. The Morgan fingerprint density at radius 2 is 1.81 bits per heavy atom. The van der Waals surface area contributed by atoms with Crippen molar-refractivity contribution in [1.82, 2.24) is 9.88 Å². The lowest BCUT2D eigenvalue weighted by atomic mass is 9.98. The summed E-state index contributed by atoms with van der Waals surface area (Å²) in [6.45, 7) is 11.6. The second-order valence-electron chi connectivity index (χ2n) is 7.47. The fourth-order valence-electron chi connectivity index (χ4n) is 3.23. The highest BCUT2D eigenvalue weighted by atomic mass is 16.5. The van der Waals surface area contributed by atoms with Gasteiger partial charge in [-0.15, -0.1) is 0 Å². The van der Waals surface area contributed by atoms with Crippen molar-refractivity contribution in [1.29, 1.82) is 0 Å². The molecule has 1 unspecified atom stereocenters. The van der Waals surface area contributed by atoms with Crippen molar-refractivity contribution in [3.8, 4) is 0 Å². The van der Waals surface area contributed by atoms with Crippen LogP contribution in [0.1, 0.15) is 72.6 Å². The number of hydrogen-bond acceptors (Lipinski definition) is 4. The molecule has 144 valence electrons. The molecule has 1 aromatic heterocycles. The number of aryl methyl sites for hydroxylation is 1. The van der Waals surface area contributed by atoms with E-state index in [0.717, 1.165) is 12.8 Å². The molecule has 26 heavy (non-hydrogen) atoms. The number of carbonyl (C=O) groups is 3. The first kappa shape index (κ1) is 20.2. The zero-order valence-electron chi connectivity index (χ0n) is 16.6. The van der Waals surface area contributed by atoms with E-state index < -0.39 is 12.0 Å². The van der Waals surface area contributed by atoms with Crippen molar-refractivity contribution in [2.75, 3.05) is 13.2 Å². The van der Waals surface area contributed by atoms with Crippen molar-refractivity contribution in [3.63, 3.8) is 0 Å². The Morgan fingerprint density at radius 3 is 2.31 bits per heavy atom. The van der Waals surface area contributed by atoms with Crippen LogP contribution < -0.4 is 0 Å². The predicted molar refractivity (Wildman–Crippen MR) is 99.3 cm³/mol. The number of ketones is 1. The normalized spacial score (nSPS) is 15.0. The zero-order chi connectivity index (χ0) is 19.6. The van der Waals surface area contributed by atoms with Gasteiger partial charge < -0.3 is 14.6 Å². The van der Waals surface area contributed by atoms with E-state index in [1.54, 1.807) is 32.6 Å². The molecule has 6 nitrogen and oxygen atoms in total. The summed E-state index contributed by atoms with van der Waals surface area (Å²) >= 11 is 0. The van der Waals surface area contributed by atoms with Crippen LogP contribution in [0.2, 0.25) is 0 Å². The lowest BCUT2D eigenvalue weighted by Crippen LogP contribution is -2.46. The van der Waals surface area contributed by atoms with Crippen molar-refractivity contribution >= 4 is 17.7 Å². The molecular formula is C20H30N2O4. The van der Waals surface area contributed by atoms with Gasteiger partial charge in [0.05, 0.1) is 12.6 Å². The van der Waals surface area contributed by atoms with Crippen LogP contribution in [0.4, 0.5) is 0 Å². The molecule has 1 aromatic rings. The van der Waals surface area contributed by atoms with E-state index in [1.807, 2.05) is 13.8 Å². The first-order valence-electron chi connectivity index (χ1n) is 9.39. The second kappa shape index (κ2) is 8.06. The predicted octanol–water partition coefficient (Wildman–Crippen LogP) is 3.27. The quantitative estimate of drug-likeness (QED) is 0.568. The molecule has 1 atom stereocenters. The van der Waals surface area contributed by atoms with Crippen LogP contribution in [0.15, 0.2) is 0 Å². The van der Waals surface area contributed by atoms with Crippen LogP contribution in [-0.4, -0.2) is 46.7 Å². The average Bonchev–Trinajstić information content (AvgIpc) is 3.35. The first-order valence-corrected chi connectivity index (χ1v) is 9.39. The number of carbonyl (C=O) groups excluding carboxylic acids is 3. The van der Waals surface area contributed by atoms with Gasteiger partial charge in [0.15, 0.2) is 5.78 Å². The summed E-state index contributed by atoms with van der Waals surface area (Å²) < 4.78 is 5.05. The molecule has 6 heteroatoms. The number of aromatic amines is 1. The molecule has 0 aromatic carbocycles. The minimum Gasteiger partial charge on any atom is -0.461 e. The molecule has 1 aliphatic rings. The molecule has 0 saturated heterocycles. The highest BCUT2D eigenvalue weighted by Gasteiger charge is 2.35.